The Kier molecular flexibility index (Phi) is 4.71. The first-order chi connectivity index (χ1) is 7.79. The minimum atomic E-state index is -0.165. The number of hydrogen-bond acceptors (Lipinski definition) is 0. The highest BCUT2D eigenvalue weighted by Gasteiger charge is 2.04. The summed E-state index contributed by atoms with van der Waals surface area (Å²) in [6.45, 7) is 5.99. The van der Waals surface area contributed by atoms with Crippen molar-refractivity contribution < 1.29 is 4.39 Å². The van der Waals surface area contributed by atoms with E-state index in [1.165, 1.54) is 6.07 Å². The molecule has 1 heteroatoms. The monoisotopic (exact) mass is 216 g/mol. The van der Waals surface area contributed by atoms with Crippen molar-refractivity contribution in [3.8, 4) is 11.1 Å². The third-order valence-corrected chi connectivity index (χ3v) is 2.31. The second-order valence-corrected chi connectivity index (χ2v) is 3.29. The molecule has 0 aromatic heterocycles. The van der Waals surface area contributed by atoms with Gasteiger partial charge in [-0.25, -0.2) is 4.39 Å². The molecule has 0 aliphatic rings. The summed E-state index contributed by atoms with van der Waals surface area (Å²) < 4.78 is 13.5. The van der Waals surface area contributed by atoms with Crippen LogP contribution in [-0.4, -0.2) is 0 Å². The number of halogens is 1. The summed E-state index contributed by atoms with van der Waals surface area (Å²) in [5.41, 5.74) is 2.73. The van der Waals surface area contributed by atoms with Crippen LogP contribution >= 0.6 is 0 Å². The molecule has 2 rings (SSSR count). The van der Waals surface area contributed by atoms with Gasteiger partial charge < -0.3 is 0 Å². The van der Waals surface area contributed by atoms with Gasteiger partial charge in [0.2, 0.25) is 0 Å². The van der Waals surface area contributed by atoms with Gasteiger partial charge in [-0.15, -0.1) is 0 Å². The molecule has 0 saturated heterocycles. The Morgan fingerprint density at radius 3 is 1.81 bits per heavy atom. The van der Waals surface area contributed by atoms with Crippen molar-refractivity contribution in [2.24, 2.45) is 0 Å². The minimum absolute atomic E-state index is 0.165. The fraction of sp³-hybridized carbons (Fsp3) is 0.200. The molecule has 0 fully saturated rings. The first kappa shape index (κ1) is 12.4. The topological polar surface area (TPSA) is 0 Å². The Bertz CT molecular complexity index is 403. The summed E-state index contributed by atoms with van der Waals surface area (Å²) in [5, 5.41) is 0. The third-order valence-electron chi connectivity index (χ3n) is 2.31. The van der Waals surface area contributed by atoms with Crippen molar-refractivity contribution in [3.05, 3.63) is 59.9 Å². The van der Waals surface area contributed by atoms with Crippen molar-refractivity contribution in [1.29, 1.82) is 0 Å². The quantitative estimate of drug-likeness (QED) is 0.640. The van der Waals surface area contributed by atoms with Gasteiger partial charge in [-0.05, 0) is 24.1 Å². The van der Waals surface area contributed by atoms with E-state index < -0.39 is 0 Å². The molecule has 0 unspecified atom stereocenters. The van der Waals surface area contributed by atoms with Gasteiger partial charge in [-0.3, -0.25) is 0 Å². The Labute approximate surface area is 96.8 Å². The zero-order valence-corrected chi connectivity index (χ0v) is 10.00. The lowest BCUT2D eigenvalue weighted by molar-refractivity contribution is 0.631. The third kappa shape index (κ3) is 2.69. The van der Waals surface area contributed by atoms with E-state index in [-0.39, 0.29) is 5.82 Å². The maximum Gasteiger partial charge on any atom is 0.131 e. The van der Waals surface area contributed by atoms with E-state index in [0.29, 0.717) is 5.56 Å². The van der Waals surface area contributed by atoms with Crippen molar-refractivity contribution in [2.75, 3.05) is 0 Å². The van der Waals surface area contributed by atoms with Crippen LogP contribution in [0.5, 0.6) is 0 Å². The smallest absolute Gasteiger partial charge is 0.131 e. The standard InChI is InChI=1S/C13H11F.C2H6/c1-10-6-2-3-7-11(10)12-8-4-5-9-13(12)14;1-2/h2-9H,1H3;1-2H3. The highest BCUT2D eigenvalue weighted by atomic mass is 19.1. The predicted molar refractivity (Wildman–Crippen MR) is 67.9 cm³/mol. The average molecular weight is 216 g/mol. The van der Waals surface area contributed by atoms with Crippen LogP contribution in [0.2, 0.25) is 0 Å². The fourth-order valence-electron chi connectivity index (χ4n) is 1.55. The van der Waals surface area contributed by atoms with Crippen molar-refractivity contribution in [2.45, 2.75) is 20.8 Å². The molecule has 0 N–H and O–H groups in total. The molecule has 0 aliphatic heterocycles. The lowest BCUT2D eigenvalue weighted by Crippen LogP contribution is -1.86. The molecule has 0 heterocycles. The van der Waals surface area contributed by atoms with Crippen molar-refractivity contribution >= 4 is 0 Å². The van der Waals surface area contributed by atoms with Gasteiger partial charge in [0.1, 0.15) is 5.82 Å². The fourth-order valence-corrected chi connectivity index (χ4v) is 1.55. The van der Waals surface area contributed by atoms with Crippen LogP contribution in [0.25, 0.3) is 11.1 Å². The van der Waals surface area contributed by atoms with E-state index in [1.54, 1.807) is 12.1 Å². The molecule has 2 aromatic rings. The molecule has 16 heavy (non-hydrogen) atoms. The summed E-state index contributed by atoms with van der Waals surface area (Å²) in [7, 11) is 0. The molecule has 0 spiro atoms. The molecule has 0 nitrogen and oxygen atoms in total. The second kappa shape index (κ2) is 6.06. The van der Waals surface area contributed by atoms with E-state index >= 15 is 0 Å². The van der Waals surface area contributed by atoms with E-state index in [0.717, 1.165) is 11.1 Å². The Balaban J connectivity index is 0.000000606. The molecule has 0 bridgehead atoms. The maximum absolute atomic E-state index is 13.5. The Morgan fingerprint density at radius 1 is 0.750 bits per heavy atom. The molecule has 0 amide bonds. The van der Waals surface area contributed by atoms with E-state index in [2.05, 4.69) is 0 Å². The van der Waals surface area contributed by atoms with Gasteiger partial charge in [-0.1, -0.05) is 56.3 Å². The molecular formula is C15H17F. The van der Waals surface area contributed by atoms with Gasteiger partial charge in [0.05, 0.1) is 0 Å². The van der Waals surface area contributed by atoms with Gasteiger partial charge in [0.15, 0.2) is 0 Å². The van der Waals surface area contributed by atoms with Crippen LogP contribution < -0.4 is 0 Å². The summed E-state index contributed by atoms with van der Waals surface area (Å²) >= 11 is 0. The van der Waals surface area contributed by atoms with Crippen LogP contribution in [0.1, 0.15) is 19.4 Å². The number of rotatable bonds is 1. The summed E-state index contributed by atoms with van der Waals surface area (Å²) in [6, 6.07) is 14.7. The predicted octanol–water partition coefficient (Wildman–Crippen LogP) is 4.83. The maximum atomic E-state index is 13.5. The van der Waals surface area contributed by atoms with Crippen molar-refractivity contribution in [1.82, 2.24) is 0 Å². The molecular weight excluding hydrogens is 199 g/mol. The lowest BCUT2D eigenvalue weighted by atomic mass is 10.0. The van der Waals surface area contributed by atoms with Gasteiger partial charge in [0.25, 0.3) is 0 Å². The number of benzene rings is 2. The zero-order chi connectivity index (χ0) is 12.0. The normalized spacial score (nSPS) is 9.25. The highest BCUT2D eigenvalue weighted by Crippen LogP contribution is 2.25. The summed E-state index contributed by atoms with van der Waals surface area (Å²) in [5.74, 6) is -0.165. The molecule has 0 radical (unpaired) electrons. The van der Waals surface area contributed by atoms with Crippen LogP contribution in [0.3, 0.4) is 0 Å². The largest absolute Gasteiger partial charge is 0.206 e. The van der Waals surface area contributed by atoms with Crippen LogP contribution in [-0.2, 0) is 0 Å². The van der Waals surface area contributed by atoms with E-state index in [1.807, 2.05) is 51.1 Å². The number of hydrogen-bond donors (Lipinski definition) is 0. The van der Waals surface area contributed by atoms with Crippen LogP contribution in [0.15, 0.2) is 48.5 Å². The van der Waals surface area contributed by atoms with Gasteiger partial charge in [-0.2, -0.15) is 0 Å². The SMILES string of the molecule is CC.Cc1ccccc1-c1ccccc1F. The Morgan fingerprint density at radius 2 is 1.25 bits per heavy atom. The molecule has 0 aliphatic carbocycles. The second-order valence-electron chi connectivity index (χ2n) is 3.29. The summed E-state index contributed by atoms with van der Waals surface area (Å²) in [6.07, 6.45) is 0. The van der Waals surface area contributed by atoms with Gasteiger partial charge in [0, 0.05) is 5.56 Å². The Hall–Kier alpha value is -1.63. The summed E-state index contributed by atoms with van der Waals surface area (Å²) in [4.78, 5) is 0. The van der Waals surface area contributed by atoms with Gasteiger partial charge >= 0.3 is 0 Å². The lowest BCUT2D eigenvalue weighted by Gasteiger charge is -2.05. The molecule has 2 aromatic carbocycles. The van der Waals surface area contributed by atoms with E-state index in [9.17, 15) is 4.39 Å². The molecule has 0 atom stereocenters. The van der Waals surface area contributed by atoms with Crippen LogP contribution in [0.4, 0.5) is 4.39 Å². The van der Waals surface area contributed by atoms with E-state index in [4.69, 9.17) is 0 Å². The first-order valence-electron chi connectivity index (χ1n) is 5.59. The average Bonchev–Trinajstić information content (AvgIpc) is 2.34. The zero-order valence-electron chi connectivity index (χ0n) is 10.00. The highest BCUT2D eigenvalue weighted by molar-refractivity contribution is 5.67. The number of aryl methyl sites for hydroxylation is 1. The van der Waals surface area contributed by atoms with Crippen molar-refractivity contribution in [3.63, 3.8) is 0 Å². The minimum Gasteiger partial charge on any atom is -0.206 e. The van der Waals surface area contributed by atoms with Crippen LogP contribution in [0, 0.1) is 12.7 Å². The first-order valence-corrected chi connectivity index (χ1v) is 5.59. The molecule has 84 valence electrons. The molecule has 0 saturated carbocycles.